The van der Waals surface area contributed by atoms with Crippen LogP contribution in [0.15, 0.2) is 91.4 Å². The molecule has 2 aromatic carbocycles. The summed E-state index contributed by atoms with van der Waals surface area (Å²) >= 11 is 0. The summed E-state index contributed by atoms with van der Waals surface area (Å²) in [6.07, 6.45) is 8.71. The number of nitrogens with zero attached hydrogens (tertiary/aromatic N) is 6. The summed E-state index contributed by atoms with van der Waals surface area (Å²) < 4.78 is 6.58. The van der Waals surface area contributed by atoms with E-state index in [4.69, 9.17) is 4.74 Å². The fraction of sp³-hybridized carbons (Fsp3) is 0.361. The van der Waals surface area contributed by atoms with Gasteiger partial charge < -0.3 is 19.4 Å². The van der Waals surface area contributed by atoms with E-state index in [1.54, 1.807) is 18.6 Å². The van der Waals surface area contributed by atoms with Crippen LogP contribution in [0.5, 0.6) is 5.75 Å². The van der Waals surface area contributed by atoms with E-state index >= 15 is 0 Å². The minimum Gasteiger partial charge on any atom is -0.492 e. The Balaban J connectivity index is 1.27. The van der Waals surface area contributed by atoms with Gasteiger partial charge in [0.05, 0.1) is 17.7 Å². The van der Waals surface area contributed by atoms with Gasteiger partial charge in [0.2, 0.25) is 5.95 Å². The largest absolute Gasteiger partial charge is 0.492 e. The van der Waals surface area contributed by atoms with Gasteiger partial charge >= 0.3 is 0 Å². The van der Waals surface area contributed by atoms with Crippen molar-refractivity contribution in [2.45, 2.75) is 39.2 Å². The Hall–Kier alpha value is -4.79. The number of carbonyl (C=O) groups is 2. The van der Waals surface area contributed by atoms with Crippen molar-refractivity contribution in [3.05, 3.63) is 114 Å². The number of pyridine rings is 1. The summed E-state index contributed by atoms with van der Waals surface area (Å²) in [5, 5.41) is 0. The lowest BCUT2D eigenvalue weighted by Crippen LogP contribution is -2.46. The molecule has 0 radical (unpaired) electrons. The Bertz CT molecular complexity index is 1590. The third-order valence-electron chi connectivity index (χ3n) is 9.11. The number of aryl methyl sites for hydroxylation is 1. The maximum atomic E-state index is 14.2. The zero-order valence-electron chi connectivity index (χ0n) is 25.8. The Kier molecular flexibility index (Phi) is 9.33. The standard InChI is InChI=1S/C36H40N6O3/c1-28-30(13-7-18-37-28)33(43)40-22-16-36(17-23-40)15-8-21-41(35-38-19-9-20-39-35)24-25-42(26-29-10-3-2-4-11-29)34(44)31-12-5-6-14-32(31)45-27-36/h2-7,9-14,18-20H,8,15-17,21-27H2,1H3. The van der Waals surface area contributed by atoms with Crippen LogP contribution in [0.1, 0.15) is 57.7 Å². The molecule has 1 fully saturated rings. The summed E-state index contributed by atoms with van der Waals surface area (Å²) in [5.74, 6) is 1.23. The van der Waals surface area contributed by atoms with Gasteiger partial charge in [0, 0.05) is 69.0 Å². The van der Waals surface area contributed by atoms with Gasteiger partial charge in [-0.3, -0.25) is 14.6 Å². The fourth-order valence-electron chi connectivity index (χ4n) is 6.41. The second kappa shape index (κ2) is 13.9. The second-order valence-corrected chi connectivity index (χ2v) is 12.1. The van der Waals surface area contributed by atoms with Gasteiger partial charge in [0.25, 0.3) is 11.8 Å². The third kappa shape index (κ3) is 7.14. The smallest absolute Gasteiger partial charge is 0.257 e. The van der Waals surface area contributed by atoms with Gasteiger partial charge in [0.15, 0.2) is 0 Å². The molecule has 0 atom stereocenters. The average molecular weight is 605 g/mol. The highest BCUT2D eigenvalue weighted by atomic mass is 16.5. The minimum atomic E-state index is -0.141. The molecule has 2 aromatic heterocycles. The van der Waals surface area contributed by atoms with Crippen molar-refractivity contribution in [3.63, 3.8) is 0 Å². The molecule has 0 N–H and O–H groups in total. The number of aromatic nitrogens is 3. The second-order valence-electron chi connectivity index (χ2n) is 12.1. The third-order valence-corrected chi connectivity index (χ3v) is 9.11. The van der Waals surface area contributed by atoms with Crippen molar-refractivity contribution < 1.29 is 14.3 Å². The highest BCUT2D eigenvalue weighted by Crippen LogP contribution is 2.38. The number of ether oxygens (including phenoxy) is 1. The molecule has 9 nitrogen and oxygen atoms in total. The highest BCUT2D eigenvalue weighted by Gasteiger charge is 2.38. The summed E-state index contributed by atoms with van der Waals surface area (Å²) in [4.78, 5) is 47.0. The molecule has 0 saturated carbocycles. The van der Waals surface area contributed by atoms with Gasteiger partial charge in [-0.2, -0.15) is 0 Å². The number of anilines is 1. The number of fused-ring (bicyclic) bond motifs is 1. The number of para-hydroxylation sites is 1. The van der Waals surface area contributed by atoms with Crippen molar-refractivity contribution in [3.8, 4) is 5.75 Å². The first-order valence-corrected chi connectivity index (χ1v) is 15.8. The van der Waals surface area contributed by atoms with Crippen LogP contribution in [0.25, 0.3) is 0 Å². The average Bonchev–Trinajstić information content (AvgIpc) is 3.09. The van der Waals surface area contributed by atoms with E-state index in [1.165, 1.54) is 0 Å². The maximum Gasteiger partial charge on any atom is 0.257 e. The summed E-state index contributed by atoms with van der Waals surface area (Å²) in [7, 11) is 0. The number of benzene rings is 2. The van der Waals surface area contributed by atoms with Crippen molar-refractivity contribution in [1.82, 2.24) is 24.8 Å². The molecule has 6 rings (SSSR count). The number of piperidine rings is 1. The monoisotopic (exact) mass is 604 g/mol. The van der Waals surface area contributed by atoms with Crippen LogP contribution in [0.2, 0.25) is 0 Å². The molecule has 2 aliphatic heterocycles. The lowest BCUT2D eigenvalue weighted by atomic mass is 9.75. The van der Waals surface area contributed by atoms with Crippen molar-refractivity contribution in [2.75, 3.05) is 44.2 Å². The van der Waals surface area contributed by atoms with Crippen LogP contribution in [0, 0.1) is 12.3 Å². The van der Waals surface area contributed by atoms with Crippen molar-refractivity contribution in [1.29, 1.82) is 0 Å². The molecule has 45 heavy (non-hydrogen) atoms. The van der Waals surface area contributed by atoms with Gasteiger partial charge in [-0.05, 0) is 68.5 Å². The van der Waals surface area contributed by atoms with Crippen LogP contribution in [0.3, 0.4) is 0 Å². The minimum absolute atomic E-state index is 0.0304. The Morgan fingerprint density at radius 2 is 1.53 bits per heavy atom. The highest BCUT2D eigenvalue weighted by molar-refractivity contribution is 5.97. The van der Waals surface area contributed by atoms with E-state index in [1.807, 2.05) is 89.5 Å². The van der Waals surface area contributed by atoms with Crippen molar-refractivity contribution in [2.24, 2.45) is 5.41 Å². The molecule has 9 heteroatoms. The molecule has 232 valence electrons. The number of rotatable bonds is 4. The lowest BCUT2D eigenvalue weighted by molar-refractivity contribution is 0.0363. The Labute approximate surface area is 264 Å². The first-order valence-electron chi connectivity index (χ1n) is 15.8. The van der Waals surface area contributed by atoms with E-state index < -0.39 is 0 Å². The molecule has 4 heterocycles. The van der Waals surface area contributed by atoms with Gasteiger partial charge in [-0.25, -0.2) is 9.97 Å². The van der Waals surface area contributed by atoms with Gasteiger partial charge in [0.1, 0.15) is 5.75 Å². The molecule has 0 bridgehead atoms. The maximum absolute atomic E-state index is 14.2. The first kappa shape index (κ1) is 30.2. The lowest BCUT2D eigenvalue weighted by Gasteiger charge is -2.42. The van der Waals surface area contributed by atoms with E-state index in [2.05, 4.69) is 19.9 Å². The Morgan fingerprint density at radius 1 is 0.800 bits per heavy atom. The molecular formula is C36H40N6O3. The molecule has 0 aliphatic carbocycles. The van der Waals surface area contributed by atoms with E-state index in [9.17, 15) is 9.59 Å². The molecular weight excluding hydrogens is 564 g/mol. The van der Waals surface area contributed by atoms with Crippen molar-refractivity contribution >= 4 is 17.8 Å². The number of carbonyl (C=O) groups excluding carboxylic acids is 2. The zero-order chi connectivity index (χ0) is 31.1. The zero-order valence-corrected chi connectivity index (χ0v) is 25.8. The summed E-state index contributed by atoms with van der Waals surface area (Å²) in [6, 6.07) is 23.1. The molecule has 2 aliphatic rings. The topological polar surface area (TPSA) is 91.8 Å². The molecule has 4 aromatic rings. The number of likely N-dealkylation sites (tertiary alicyclic amines) is 1. The quantitative estimate of drug-likeness (QED) is 0.307. The van der Waals surface area contributed by atoms with Crippen LogP contribution in [-0.4, -0.2) is 75.9 Å². The van der Waals surface area contributed by atoms with Crippen LogP contribution in [0.4, 0.5) is 5.95 Å². The molecule has 0 unspecified atom stereocenters. The number of hydrogen-bond acceptors (Lipinski definition) is 7. The van der Waals surface area contributed by atoms with E-state index in [-0.39, 0.29) is 17.2 Å². The summed E-state index contributed by atoms with van der Waals surface area (Å²) in [6.45, 7) is 6.00. The number of hydrogen-bond donors (Lipinski definition) is 0. The number of amides is 2. The van der Waals surface area contributed by atoms with E-state index in [0.29, 0.717) is 62.2 Å². The predicted molar refractivity (Wildman–Crippen MR) is 173 cm³/mol. The normalized spacial score (nSPS) is 17.4. The van der Waals surface area contributed by atoms with Gasteiger partial charge in [-0.15, -0.1) is 0 Å². The molecule has 1 saturated heterocycles. The van der Waals surface area contributed by atoms with Crippen LogP contribution < -0.4 is 9.64 Å². The van der Waals surface area contributed by atoms with Crippen LogP contribution >= 0.6 is 0 Å². The Morgan fingerprint density at radius 3 is 2.31 bits per heavy atom. The SMILES string of the molecule is Cc1ncccc1C(=O)N1CCC2(CCCN(c3ncccn3)CCN(Cc3ccccc3)C(=O)c3ccccc3OC2)CC1. The predicted octanol–water partition coefficient (Wildman–Crippen LogP) is 5.42. The van der Waals surface area contributed by atoms with E-state index in [0.717, 1.165) is 43.5 Å². The molecule has 2 amide bonds. The fourth-order valence-corrected chi connectivity index (χ4v) is 6.41. The van der Waals surface area contributed by atoms with Crippen LogP contribution in [-0.2, 0) is 6.54 Å². The molecule has 1 spiro atoms. The first-order chi connectivity index (χ1) is 22.0. The van der Waals surface area contributed by atoms with Gasteiger partial charge in [-0.1, -0.05) is 42.5 Å². The summed E-state index contributed by atoms with van der Waals surface area (Å²) in [5.41, 5.74) is 2.89.